The number of hydrogen-bond acceptors (Lipinski definition) is 7. The van der Waals surface area contributed by atoms with Gasteiger partial charge in [0.1, 0.15) is 5.75 Å². The fraction of sp³-hybridized carbons (Fsp3) is 0.640. The van der Waals surface area contributed by atoms with Crippen LogP contribution in [0.15, 0.2) is 6.07 Å². The molecule has 0 saturated heterocycles. The van der Waals surface area contributed by atoms with E-state index in [9.17, 15) is 29.7 Å². The number of aliphatic hydroxyl groups is 2. The third-order valence-electron chi connectivity index (χ3n) is 7.49. The third-order valence-corrected chi connectivity index (χ3v) is 7.49. The minimum atomic E-state index is -2.23. The molecule has 0 saturated carbocycles. The molecule has 2 aliphatic rings. The highest BCUT2D eigenvalue weighted by Crippen LogP contribution is 2.48. The van der Waals surface area contributed by atoms with Crippen LogP contribution in [0, 0.1) is 11.8 Å². The number of ether oxygens (including phenoxy) is 1. The number of phenols is 1. The van der Waals surface area contributed by atoms with Crippen LogP contribution < -0.4 is 0 Å². The molecule has 0 heterocycles. The summed E-state index contributed by atoms with van der Waals surface area (Å²) in [5.41, 5.74) is -2.93. The van der Waals surface area contributed by atoms with Gasteiger partial charge in [0.15, 0.2) is 5.60 Å². The quantitative estimate of drug-likeness (QED) is 0.469. The van der Waals surface area contributed by atoms with Crippen molar-refractivity contribution in [2.45, 2.75) is 90.4 Å². The Labute approximate surface area is 188 Å². The number of aromatic hydroxyl groups is 1. The number of ketones is 2. The van der Waals surface area contributed by atoms with Gasteiger partial charge in [-0.25, -0.2) is 0 Å². The Morgan fingerprint density at radius 1 is 1.28 bits per heavy atom. The maximum Gasteiger partial charge on any atom is 0.312 e. The van der Waals surface area contributed by atoms with E-state index in [1.54, 1.807) is 6.92 Å². The van der Waals surface area contributed by atoms with Crippen molar-refractivity contribution in [2.24, 2.45) is 11.8 Å². The Balaban J connectivity index is 2.10. The molecule has 0 fully saturated rings. The maximum atomic E-state index is 13.7. The summed E-state index contributed by atoms with van der Waals surface area (Å²) in [4.78, 5) is 39.9. The average Bonchev–Trinajstić information content (AvgIpc) is 2.75. The van der Waals surface area contributed by atoms with Gasteiger partial charge in [-0.2, -0.15) is 0 Å². The minimum absolute atomic E-state index is 0.0129. The average molecular weight is 447 g/mol. The number of carbonyl (C=O) groups excluding carboxylic acids is 3. The number of Topliss-reactive ketones (excluding diaryl/α,β-unsaturated/α-hetero) is 2. The lowest BCUT2D eigenvalue weighted by atomic mass is 9.66. The molecular weight excluding hydrogens is 412 g/mol. The largest absolute Gasteiger partial charge is 0.508 e. The van der Waals surface area contributed by atoms with Crippen LogP contribution in [0.1, 0.15) is 93.8 Å². The van der Waals surface area contributed by atoms with Crippen LogP contribution in [0.2, 0.25) is 0 Å². The van der Waals surface area contributed by atoms with E-state index in [1.165, 1.54) is 26.8 Å². The standard InChI is InChI=1S/C25H34O7/c1-7-12(2)20(27)14(4)22(29)32-25(6)21(28)19-15-10-8-9-13(3)18(15)17(26)11-16(19)24(5,31)23(25)30/h11-14,20,26-27,31H,7-10H2,1-6H3/t12-,13+,14+,20+,24-,25-/m0/s1. The number of rotatable bonds is 5. The van der Waals surface area contributed by atoms with Crippen molar-refractivity contribution in [3.63, 3.8) is 0 Å². The number of benzene rings is 1. The molecule has 0 spiro atoms. The zero-order chi connectivity index (χ0) is 24.2. The second-order valence-electron chi connectivity index (χ2n) is 9.85. The molecule has 6 atom stereocenters. The van der Waals surface area contributed by atoms with E-state index in [0.717, 1.165) is 12.8 Å². The summed E-state index contributed by atoms with van der Waals surface area (Å²) in [6.07, 6.45) is 1.80. The van der Waals surface area contributed by atoms with Crippen molar-refractivity contribution in [2.75, 3.05) is 0 Å². The van der Waals surface area contributed by atoms with E-state index in [2.05, 4.69) is 0 Å². The minimum Gasteiger partial charge on any atom is -0.508 e. The number of phenolic OH excluding ortho intramolecular Hbond substituents is 1. The van der Waals surface area contributed by atoms with Crippen molar-refractivity contribution in [3.8, 4) is 5.75 Å². The predicted molar refractivity (Wildman–Crippen MR) is 117 cm³/mol. The Morgan fingerprint density at radius 3 is 2.50 bits per heavy atom. The van der Waals surface area contributed by atoms with Gasteiger partial charge in [0.25, 0.3) is 0 Å². The molecule has 1 aromatic rings. The van der Waals surface area contributed by atoms with Gasteiger partial charge in [0, 0.05) is 16.7 Å². The predicted octanol–water partition coefficient (Wildman–Crippen LogP) is 3.15. The second-order valence-corrected chi connectivity index (χ2v) is 9.85. The molecule has 3 rings (SSSR count). The molecule has 32 heavy (non-hydrogen) atoms. The maximum absolute atomic E-state index is 13.7. The lowest BCUT2D eigenvalue weighted by Gasteiger charge is -2.42. The van der Waals surface area contributed by atoms with Crippen molar-refractivity contribution in [1.82, 2.24) is 0 Å². The van der Waals surface area contributed by atoms with Crippen LogP contribution in [-0.4, -0.2) is 44.6 Å². The number of esters is 1. The van der Waals surface area contributed by atoms with Gasteiger partial charge in [0.05, 0.1) is 12.0 Å². The van der Waals surface area contributed by atoms with E-state index in [1.807, 2.05) is 13.8 Å². The van der Waals surface area contributed by atoms with Crippen LogP contribution >= 0.6 is 0 Å². The summed E-state index contributed by atoms with van der Waals surface area (Å²) in [6.45, 7) is 9.60. The highest BCUT2D eigenvalue weighted by Gasteiger charge is 2.59. The molecule has 176 valence electrons. The summed E-state index contributed by atoms with van der Waals surface area (Å²) in [5, 5.41) is 32.2. The first-order chi connectivity index (χ1) is 14.8. The highest BCUT2D eigenvalue weighted by atomic mass is 16.6. The van der Waals surface area contributed by atoms with Crippen molar-refractivity contribution in [3.05, 3.63) is 28.3 Å². The van der Waals surface area contributed by atoms with Crippen LogP contribution in [0.4, 0.5) is 0 Å². The summed E-state index contributed by atoms with van der Waals surface area (Å²) < 4.78 is 5.50. The monoisotopic (exact) mass is 446 g/mol. The summed E-state index contributed by atoms with van der Waals surface area (Å²) in [7, 11) is 0. The summed E-state index contributed by atoms with van der Waals surface area (Å²) >= 11 is 0. The summed E-state index contributed by atoms with van der Waals surface area (Å²) in [6, 6.07) is 1.29. The SMILES string of the molecule is CC[C@H](C)[C@@H](O)[C@@H](C)C(=O)O[C@@]1(C)C(=O)c2c(cc(O)c3c2CCC[C@H]3C)[C@](C)(O)C1=O. The zero-order valence-corrected chi connectivity index (χ0v) is 19.7. The first-order valence-electron chi connectivity index (χ1n) is 11.4. The molecule has 0 aliphatic heterocycles. The van der Waals surface area contributed by atoms with Crippen molar-refractivity contribution in [1.29, 1.82) is 0 Å². The van der Waals surface area contributed by atoms with Gasteiger partial charge in [-0.05, 0) is 63.5 Å². The lowest BCUT2D eigenvalue weighted by Crippen LogP contribution is -2.60. The fourth-order valence-electron chi connectivity index (χ4n) is 5.11. The van der Waals surface area contributed by atoms with Crippen molar-refractivity contribution < 1.29 is 34.4 Å². The van der Waals surface area contributed by atoms with Crippen LogP contribution in [0.5, 0.6) is 5.75 Å². The molecule has 3 N–H and O–H groups in total. The molecule has 0 aromatic heterocycles. The molecule has 0 amide bonds. The zero-order valence-electron chi connectivity index (χ0n) is 19.7. The molecule has 2 aliphatic carbocycles. The Morgan fingerprint density at radius 2 is 1.91 bits per heavy atom. The van der Waals surface area contributed by atoms with Gasteiger partial charge < -0.3 is 20.1 Å². The van der Waals surface area contributed by atoms with E-state index < -0.39 is 40.8 Å². The van der Waals surface area contributed by atoms with E-state index >= 15 is 0 Å². The summed E-state index contributed by atoms with van der Waals surface area (Å²) in [5.74, 6) is -3.71. The number of hydrogen-bond donors (Lipinski definition) is 3. The lowest BCUT2D eigenvalue weighted by molar-refractivity contribution is -0.176. The second kappa shape index (κ2) is 8.27. The Bertz CT molecular complexity index is 964. The molecule has 0 bridgehead atoms. The van der Waals surface area contributed by atoms with E-state index in [-0.39, 0.29) is 28.7 Å². The Kier molecular flexibility index (Phi) is 6.30. The van der Waals surface area contributed by atoms with Gasteiger partial charge in [-0.15, -0.1) is 0 Å². The van der Waals surface area contributed by atoms with Gasteiger partial charge in [-0.3, -0.25) is 14.4 Å². The smallest absolute Gasteiger partial charge is 0.312 e. The first-order valence-corrected chi connectivity index (χ1v) is 11.4. The van der Waals surface area contributed by atoms with Crippen LogP contribution in [0.25, 0.3) is 0 Å². The number of carbonyl (C=O) groups is 3. The molecule has 0 unspecified atom stereocenters. The molecule has 1 aromatic carbocycles. The van der Waals surface area contributed by atoms with E-state index in [4.69, 9.17) is 4.74 Å². The molecule has 7 nitrogen and oxygen atoms in total. The van der Waals surface area contributed by atoms with Crippen LogP contribution in [0.3, 0.4) is 0 Å². The molecule has 7 heteroatoms. The molecular formula is C25H34O7. The number of aliphatic hydroxyl groups excluding tert-OH is 1. The molecule has 0 radical (unpaired) electrons. The highest BCUT2D eigenvalue weighted by molar-refractivity contribution is 6.25. The third kappa shape index (κ3) is 3.55. The van der Waals surface area contributed by atoms with Crippen molar-refractivity contribution >= 4 is 17.5 Å². The normalized spacial score (nSPS) is 30.2. The van der Waals surface area contributed by atoms with Gasteiger partial charge >= 0.3 is 5.97 Å². The van der Waals surface area contributed by atoms with E-state index in [0.29, 0.717) is 24.0 Å². The van der Waals surface area contributed by atoms with Gasteiger partial charge in [-0.1, -0.05) is 27.2 Å². The number of fused-ring (bicyclic) bond motifs is 3. The van der Waals surface area contributed by atoms with Gasteiger partial charge in [0.2, 0.25) is 17.2 Å². The first kappa shape index (κ1) is 24.4. The fourth-order valence-corrected chi connectivity index (χ4v) is 5.11. The topological polar surface area (TPSA) is 121 Å². The Hall–Kier alpha value is -2.25. The van der Waals surface area contributed by atoms with Crippen LogP contribution in [-0.2, 0) is 26.3 Å².